The second kappa shape index (κ2) is 14.2. The monoisotopic (exact) mass is 551 g/mol. The van der Waals surface area contributed by atoms with Gasteiger partial charge in [-0.3, -0.25) is 9.59 Å². The van der Waals surface area contributed by atoms with Gasteiger partial charge in [0.05, 0.1) is 19.1 Å². The van der Waals surface area contributed by atoms with E-state index in [0.717, 1.165) is 57.8 Å². The molecule has 2 saturated carbocycles. The molecule has 0 spiro atoms. The Kier molecular flexibility index (Phi) is 11.5. The zero-order chi connectivity index (χ0) is 28.5. The van der Waals surface area contributed by atoms with Crippen LogP contribution in [0, 0.1) is 5.41 Å². The first-order chi connectivity index (χ1) is 18.5. The number of esters is 1. The molecule has 3 amide bonds. The highest BCUT2D eigenvalue weighted by atomic mass is 16.7. The number of unbranched alkanes of at least 4 members (excludes halogenated alkanes) is 4. The van der Waals surface area contributed by atoms with Crippen LogP contribution in [0.1, 0.15) is 125 Å². The van der Waals surface area contributed by atoms with E-state index in [2.05, 4.69) is 22.9 Å². The van der Waals surface area contributed by atoms with Gasteiger partial charge in [-0.15, -0.1) is 0 Å². The van der Waals surface area contributed by atoms with Crippen molar-refractivity contribution in [2.45, 2.75) is 154 Å². The van der Waals surface area contributed by atoms with E-state index in [1.54, 1.807) is 13.8 Å². The Morgan fingerprint density at radius 3 is 2.38 bits per heavy atom. The van der Waals surface area contributed by atoms with E-state index in [9.17, 15) is 14.4 Å². The predicted octanol–water partition coefficient (Wildman–Crippen LogP) is 5.11. The Morgan fingerprint density at radius 1 is 0.949 bits per heavy atom. The summed E-state index contributed by atoms with van der Waals surface area (Å²) < 4.78 is 17.3. The number of carbonyl (C=O) groups excluding carboxylic acids is 3. The van der Waals surface area contributed by atoms with Crippen LogP contribution >= 0.6 is 0 Å². The molecule has 0 aromatic carbocycles. The molecule has 0 aromatic rings. The molecule has 3 atom stereocenters. The minimum atomic E-state index is -0.834. The molecule has 3 rings (SSSR count). The largest absolute Gasteiger partial charge is 0.460 e. The molecule has 3 N–H and O–H groups in total. The van der Waals surface area contributed by atoms with Gasteiger partial charge in [0.15, 0.2) is 5.79 Å². The first-order valence-corrected chi connectivity index (χ1v) is 15.3. The Balaban J connectivity index is 1.40. The third-order valence-corrected chi connectivity index (χ3v) is 8.52. The van der Waals surface area contributed by atoms with Gasteiger partial charge < -0.3 is 30.2 Å². The van der Waals surface area contributed by atoms with Crippen LogP contribution in [-0.2, 0) is 23.8 Å². The van der Waals surface area contributed by atoms with Crippen molar-refractivity contribution in [1.29, 1.82) is 0 Å². The number of rotatable bonds is 13. The summed E-state index contributed by atoms with van der Waals surface area (Å²) in [5.74, 6) is -1.46. The maximum absolute atomic E-state index is 13.0. The SMILES string of the molecule is CCCCCCCC1(NC(=O)NC2CCCC2OC(=O)CCNC(=O)C2OC(C)(C)OCC2(C)C)CCCC1. The number of urea groups is 1. The summed E-state index contributed by atoms with van der Waals surface area (Å²) in [5.41, 5.74) is -0.577. The first-order valence-electron chi connectivity index (χ1n) is 15.3. The summed E-state index contributed by atoms with van der Waals surface area (Å²) in [6.07, 6.45) is 13.0. The third kappa shape index (κ3) is 9.62. The highest BCUT2D eigenvalue weighted by molar-refractivity contribution is 5.82. The maximum Gasteiger partial charge on any atom is 0.315 e. The van der Waals surface area contributed by atoms with Crippen LogP contribution in [0.15, 0.2) is 0 Å². The van der Waals surface area contributed by atoms with Crippen LogP contribution in [0.25, 0.3) is 0 Å². The summed E-state index contributed by atoms with van der Waals surface area (Å²) in [6.45, 7) is 10.2. The molecule has 0 radical (unpaired) electrons. The van der Waals surface area contributed by atoms with E-state index in [1.807, 2.05) is 13.8 Å². The van der Waals surface area contributed by atoms with Crippen molar-refractivity contribution in [3.8, 4) is 0 Å². The predicted molar refractivity (Wildman–Crippen MR) is 150 cm³/mol. The topological polar surface area (TPSA) is 115 Å². The van der Waals surface area contributed by atoms with Crippen molar-refractivity contribution >= 4 is 17.9 Å². The standard InChI is InChI=1S/C30H53N3O6/c1-6-7-8-9-10-17-30(18-11-12-19-30)33-27(36)32-22-14-13-15-23(22)38-24(34)16-20-31-26(35)25-28(2,3)21-37-29(4,5)39-25/h22-23,25H,6-21H2,1-5H3,(H,31,35)(H2,32,33,36). The van der Waals surface area contributed by atoms with Crippen LogP contribution in [0.2, 0.25) is 0 Å². The molecule has 1 aliphatic heterocycles. The molecular weight excluding hydrogens is 498 g/mol. The average molecular weight is 552 g/mol. The lowest BCUT2D eigenvalue weighted by atomic mass is 9.85. The maximum atomic E-state index is 13.0. The summed E-state index contributed by atoms with van der Waals surface area (Å²) >= 11 is 0. The minimum absolute atomic E-state index is 0.0648. The molecule has 3 fully saturated rings. The third-order valence-electron chi connectivity index (χ3n) is 8.52. The summed E-state index contributed by atoms with van der Waals surface area (Å²) in [7, 11) is 0. The molecular formula is C30H53N3O6. The van der Waals surface area contributed by atoms with Crippen molar-refractivity contribution in [1.82, 2.24) is 16.0 Å². The normalized spacial score (nSPS) is 27.1. The smallest absolute Gasteiger partial charge is 0.315 e. The van der Waals surface area contributed by atoms with E-state index in [1.165, 1.54) is 25.7 Å². The zero-order valence-electron chi connectivity index (χ0n) is 25.0. The van der Waals surface area contributed by atoms with Crippen LogP contribution < -0.4 is 16.0 Å². The number of hydrogen-bond acceptors (Lipinski definition) is 6. The molecule has 224 valence electrons. The molecule has 9 nitrogen and oxygen atoms in total. The molecule has 2 aliphatic carbocycles. The van der Waals surface area contributed by atoms with Crippen LogP contribution in [0.5, 0.6) is 0 Å². The summed E-state index contributed by atoms with van der Waals surface area (Å²) in [4.78, 5) is 38.4. The average Bonchev–Trinajstić information content (AvgIpc) is 3.50. The number of carbonyl (C=O) groups is 3. The fourth-order valence-electron chi connectivity index (χ4n) is 6.16. The number of ether oxygens (including phenoxy) is 3. The second-order valence-corrected chi connectivity index (χ2v) is 13.0. The number of hydrogen-bond donors (Lipinski definition) is 3. The fourth-order valence-corrected chi connectivity index (χ4v) is 6.16. The first kappa shape index (κ1) is 31.7. The molecule has 0 bridgehead atoms. The van der Waals surface area contributed by atoms with E-state index in [-0.39, 0.29) is 48.6 Å². The Morgan fingerprint density at radius 2 is 1.67 bits per heavy atom. The minimum Gasteiger partial charge on any atom is -0.460 e. The van der Waals surface area contributed by atoms with E-state index in [0.29, 0.717) is 6.61 Å². The van der Waals surface area contributed by atoms with Crippen molar-refractivity contribution in [3.63, 3.8) is 0 Å². The lowest BCUT2D eigenvalue weighted by Gasteiger charge is -2.44. The Bertz CT molecular complexity index is 824. The van der Waals surface area contributed by atoms with Gasteiger partial charge in [-0.25, -0.2) is 4.79 Å². The molecule has 0 aromatic heterocycles. The zero-order valence-corrected chi connectivity index (χ0v) is 25.0. The van der Waals surface area contributed by atoms with E-state index >= 15 is 0 Å². The van der Waals surface area contributed by atoms with Crippen molar-refractivity contribution in [2.75, 3.05) is 13.2 Å². The summed E-state index contributed by atoms with van der Waals surface area (Å²) in [5, 5.41) is 9.24. The quantitative estimate of drug-likeness (QED) is 0.217. The van der Waals surface area contributed by atoms with Gasteiger partial charge in [0, 0.05) is 17.5 Å². The lowest BCUT2D eigenvalue weighted by Crippen LogP contribution is -2.56. The second-order valence-electron chi connectivity index (χ2n) is 13.0. The van der Waals surface area contributed by atoms with Gasteiger partial charge in [-0.1, -0.05) is 65.7 Å². The van der Waals surface area contributed by atoms with Gasteiger partial charge in [0.25, 0.3) is 0 Å². The molecule has 3 aliphatic rings. The Hall–Kier alpha value is -1.87. The van der Waals surface area contributed by atoms with E-state index in [4.69, 9.17) is 14.2 Å². The van der Waals surface area contributed by atoms with Gasteiger partial charge in [-0.2, -0.15) is 0 Å². The van der Waals surface area contributed by atoms with Crippen molar-refractivity contribution in [3.05, 3.63) is 0 Å². The van der Waals surface area contributed by atoms with Crippen molar-refractivity contribution < 1.29 is 28.6 Å². The lowest BCUT2D eigenvalue weighted by molar-refractivity contribution is -0.304. The molecule has 39 heavy (non-hydrogen) atoms. The molecule has 3 unspecified atom stereocenters. The van der Waals surface area contributed by atoms with E-state index < -0.39 is 17.3 Å². The molecule has 1 saturated heterocycles. The summed E-state index contributed by atoms with van der Waals surface area (Å²) in [6, 6.07) is -0.335. The fraction of sp³-hybridized carbons (Fsp3) is 0.900. The van der Waals surface area contributed by atoms with Crippen LogP contribution in [0.4, 0.5) is 4.79 Å². The highest BCUT2D eigenvalue weighted by Crippen LogP contribution is 2.36. The van der Waals surface area contributed by atoms with Gasteiger partial charge in [-0.05, 0) is 52.4 Å². The van der Waals surface area contributed by atoms with Crippen LogP contribution in [-0.4, -0.2) is 60.6 Å². The molecule has 9 heteroatoms. The van der Waals surface area contributed by atoms with Gasteiger partial charge in [0.1, 0.15) is 12.2 Å². The van der Waals surface area contributed by atoms with Crippen molar-refractivity contribution in [2.24, 2.45) is 5.41 Å². The molecule has 1 heterocycles. The van der Waals surface area contributed by atoms with Gasteiger partial charge >= 0.3 is 12.0 Å². The van der Waals surface area contributed by atoms with Gasteiger partial charge in [0.2, 0.25) is 5.91 Å². The number of amides is 3. The Labute approximate surface area is 235 Å². The highest BCUT2D eigenvalue weighted by Gasteiger charge is 2.45. The number of nitrogens with one attached hydrogen (secondary N) is 3. The van der Waals surface area contributed by atoms with Crippen LogP contribution in [0.3, 0.4) is 0 Å².